The lowest BCUT2D eigenvalue weighted by atomic mass is 10.0. The number of hydrogen-bond acceptors (Lipinski definition) is 3. The van der Waals surface area contributed by atoms with Crippen LogP contribution in [-0.2, 0) is 0 Å². The fourth-order valence-corrected chi connectivity index (χ4v) is 7.63. The lowest BCUT2D eigenvalue weighted by molar-refractivity contribution is 1.17. The molecule has 0 spiro atoms. The average Bonchev–Trinajstić information content (AvgIpc) is 3.45. The van der Waals surface area contributed by atoms with Crippen molar-refractivity contribution in [3.63, 3.8) is 0 Å². The quantitative estimate of drug-likeness (QED) is 0.203. The van der Waals surface area contributed by atoms with Gasteiger partial charge >= 0.3 is 0 Å². The molecule has 3 heterocycles. The Bertz CT molecular complexity index is 2340. The molecule has 8 aromatic rings. The summed E-state index contributed by atoms with van der Waals surface area (Å²) in [5.41, 5.74) is 11.6. The summed E-state index contributed by atoms with van der Waals surface area (Å²) in [7, 11) is 0. The van der Waals surface area contributed by atoms with Crippen LogP contribution in [0.25, 0.3) is 49.9 Å². The van der Waals surface area contributed by atoms with E-state index in [1.165, 1.54) is 59.8 Å². The molecule has 6 aromatic carbocycles. The largest absolute Gasteiger partial charge is 0.309 e. The Morgan fingerprint density at radius 3 is 2.00 bits per heavy atom. The van der Waals surface area contributed by atoms with Gasteiger partial charge in [0.2, 0.25) is 0 Å². The van der Waals surface area contributed by atoms with E-state index in [1.54, 1.807) is 0 Å². The Morgan fingerprint density at radius 2 is 1.13 bits per heavy atom. The van der Waals surface area contributed by atoms with Crippen molar-refractivity contribution in [2.75, 3.05) is 4.90 Å². The van der Waals surface area contributed by atoms with Gasteiger partial charge in [0.15, 0.2) is 0 Å². The van der Waals surface area contributed by atoms with Crippen LogP contribution in [0.1, 0.15) is 0 Å². The van der Waals surface area contributed by atoms with Crippen molar-refractivity contribution in [2.24, 2.45) is 0 Å². The van der Waals surface area contributed by atoms with Gasteiger partial charge in [-0.25, -0.2) is 0 Å². The predicted octanol–water partition coefficient (Wildman–Crippen LogP) is 11.4. The first-order valence-corrected chi connectivity index (χ1v) is 15.9. The first-order valence-electron chi connectivity index (χ1n) is 15.1. The molecule has 0 saturated carbocycles. The Labute approximate surface area is 266 Å². The second-order valence-electron chi connectivity index (χ2n) is 11.3. The molecule has 1 aliphatic rings. The second kappa shape index (κ2) is 10.5. The Hall–Kier alpha value is -5.58. The summed E-state index contributed by atoms with van der Waals surface area (Å²) < 4.78 is 2.37. The van der Waals surface area contributed by atoms with Crippen molar-refractivity contribution in [1.82, 2.24) is 9.55 Å². The van der Waals surface area contributed by atoms with Gasteiger partial charge in [-0.2, -0.15) is 0 Å². The smallest absolute Gasteiger partial charge is 0.0701 e. The monoisotopic (exact) mass is 593 g/mol. The minimum atomic E-state index is 0.979. The molecule has 0 atom stereocenters. The van der Waals surface area contributed by atoms with Crippen LogP contribution in [0.3, 0.4) is 0 Å². The van der Waals surface area contributed by atoms with Gasteiger partial charge in [0.1, 0.15) is 0 Å². The van der Waals surface area contributed by atoms with Crippen LogP contribution in [0.5, 0.6) is 0 Å². The highest BCUT2D eigenvalue weighted by molar-refractivity contribution is 7.99. The van der Waals surface area contributed by atoms with E-state index in [1.807, 2.05) is 30.1 Å². The third-order valence-electron chi connectivity index (χ3n) is 8.63. The van der Waals surface area contributed by atoms with E-state index >= 15 is 0 Å². The van der Waals surface area contributed by atoms with Gasteiger partial charge in [0, 0.05) is 43.7 Å². The van der Waals surface area contributed by atoms with Gasteiger partial charge in [-0.1, -0.05) is 90.6 Å². The summed E-state index contributed by atoms with van der Waals surface area (Å²) >= 11 is 1.84. The number of benzene rings is 6. The molecule has 2 aromatic heterocycles. The number of aromatic nitrogens is 2. The summed E-state index contributed by atoms with van der Waals surface area (Å²) in [6.45, 7) is 0. The molecule has 0 fully saturated rings. The molecule has 0 radical (unpaired) electrons. The van der Waals surface area contributed by atoms with Gasteiger partial charge < -0.3 is 9.47 Å². The highest BCUT2D eigenvalue weighted by atomic mass is 32.2. The van der Waals surface area contributed by atoms with E-state index in [0.29, 0.717) is 0 Å². The van der Waals surface area contributed by atoms with Crippen molar-refractivity contribution in [2.45, 2.75) is 9.79 Å². The number of nitrogens with zero attached hydrogens (tertiary/aromatic N) is 3. The standard InChI is InChI=1S/C41H27N3S/c1-2-10-31(11-3-1)43-36-14-5-4-12-33(36)34-26-29(19-23-37(34)43)30-20-24-39-41(27-30)45-40-16-7-6-15-38(40)44(39)32-21-17-28(18-22-32)35-13-8-9-25-42-35/h1-27H. The maximum atomic E-state index is 4.54. The molecule has 0 saturated heterocycles. The topological polar surface area (TPSA) is 21.1 Å². The van der Waals surface area contributed by atoms with Gasteiger partial charge in [-0.15, -0.1) is 0 Å². The normalized spacial score (nSPS) is 12.3. The fourth-order valence-electron chi connectivity index (χ4n) is 6.54. The van der Waals surface area contributed by atoms with E-state index in [4.69, 9.17) is 0 Å². The Kier molecular flexibility index (Phi) is 6.06. The average molecular weight is 594 g/mol. The minimum absolute atomic E-state index is 0.979. The summed E-state index contributed by atoms with van der Waals surface area (Å²) in [5, 5.41) is 2.53. The zero-order valence-corrected chi connectivity index (χ0v) is 25.2. The van der Waals surface area contributed by atoms with E-state index in [2.05, 4.69) is 160 Å². The number of para-hydroxylation sites is 3. The van der Waals surface area contributed by atoms with E-state index in [0.717, 1.165) is 16.9 Å². The molecule has 3 nitrogen and oxygen atoms in total. The molecule has 45 heavy (non-hydrogen) atoms. The molecule has 0 aliphatic carbocycles. The Morgan fingerprint density at radius 1 is 0.444 bits per heavy atom. The maximum absolute atomic E-state index is 4.54. The molecular formula is C41H27N3S. The molecule has 0 bridgehead atoms. The van der Waals surface area contributed by atoms with E-state index in [-0.39, 0.29) is 0 Å². The van der Waals surface area contributed by atoms with Gasteiger partial charge in [0.25, 0.3) is 0 Å². The molecule has 1 aliphatic heterocycles. The van der Waals surface area contributed by atoms with Crippen LogP contribution in [0.15, 0.2) is 174 Å². The maximum Gasteiger partial charge on any atom is 0.0701 e. The van der Waals surface area contributed by atoms with Gasteiger partial charge in [-0.3, -0.25) is 4.98 Å². The number of pyridine rings is 1. The molecule has 0 amide bonds. The lowest BCUT2D eigenvalue weighted by Gasteiger charge is -2.33. The second-order valence-corrected chi connectivity index (χ2v) is 12.4. The number of fused-ring (bicyclic) bond motifs is 5. The Balaban J connectivity index is 1.15. The minimum Gasteiger partial charge on any atom is -0.309 e. The molecular weight excluding hydrogens is 567 g/mol. The summed E-state index contributed by atoms with van der Waals surface area (Å²) in [6, 6.07) is 56.5. The fraction of sp³-hybridized carbons (Fsp3) is 0. The van der Waals surface area contributed by atoms with Crippen LogP contribution in [0, 0.1) is 0 Å². The molecule has 9 rings (SSSR count). The summed E-state index contributed by atoms with van der Waals surface area (Å²) in [4.78, 5) is 9.40. The highest BCUT2D eigenvalue weighted by Crippen LogP contribution is 2.52. The summed E-state index contributed by atoms with van der Waals surface area (Å²) in [5.74, 6) is 0. The van der Waals surface area contributed by atoms with Crippen LogP contribution in [0.4, 0.5) is 17.1 Å². The predicted molar refractivity (Wildman–Crippen MR) is 188 cm³/mol. The number of anilines is 3. The molecule has 0 N–H and O–H groups in total. The van der Waals surface area contributed by atoms with Gasteiger partial charge in [0.05, 0.1) is 28.1 Å². The number of hydrogen-bond donors (Lipinski definition) is 0. The third kappa shape index (κ3) is 4.34. The van der Waals surface area contributed by atoms with Crippen LogP contribution < -0.4 is 4.90 Å². The van der Waals surface area contributed by atoms with Crippen molar-refractivity contribution in [1.29, 1.82) is 0 Å². The van der Waals surface area contributed by atoms with E-state index in [9.17, 15) is 0 Å². The summed E-state index contributed by atoms with van der Waals surface area (Å²) in [6.07, 6.45) is 1.84. The lowest BCUT2D eigenvalue weighted by Crippen LogP contribution is -2.14. The molecule has 4 heteroatoms. The van der Waals surface area contributed by atoms with Crippen LogP contribution in [0.2, 0.25) is 0 Å². The van der Waals surface area contributed by atoms with Crippen molar-refractivity contribution < 1.29 is 0 Å². The zero-order valence-electron chi connectivity index (χ0n) is 24.3. The van der Waals surface area contributed by atoms with Crippen molar-refractivity contribution >= 4 is 50.6 Å². The first kappa shape index (κ1) is 25.9. The van der Waals surface area contributed by atoms with Gasteiger partial charge in [-0.05, 0) is 90.0 Å². The zero-order chi connectivity index (χ0) is 29.7. The first-order chi connectivity index (χ1) is 22.3. The van der Waals surface area contributed by atoms with Crippen LogP contribution >= 0.6 is 11.8 Å². The van der Waals surface area contributed by atoms with Crippen LogP contribution in [-0.4, -0.2) is 9.55 Å². The molecule has 212 valence electrons. The van der Waals surface area contributed by atoms with Crippen molar-refractivity contribution in [3.8, 4) is 28.1 Å². The molecule has 0 unspecified atom stereocenters. The third-order valence-corrected chi connectivity index (χ3v) is 9.75. The van der Waals surface area contributed by atoms with E-state index < -0.39 is 0 Å². The SMILES string of the molecule is c1ccc(-n2c3ccccc3c3cc(-c4ccc5c(c4)Sc4ccccc4N5c4ccc(-c5ccccn5)cc4)ccc32)cc1. The highest BCUT2D eigenvalue weighted by Gasteiger charge is 2.25. The van der Waals surface area contributed by atoms with Crippen molar-refractivity contribution in [3.05, 3.63) is 164 Å². The number of rotatable bonds is 4.